The summed E-state index contributed by atoms with van der Waals surface area (Å²) in [5.41, 5.74) is -0.691. The van der Waals surface area contributed by atoms with Crippen LogP contribution in [0.2, 0.25) is 8.67 Å². The van der Waals surface area contributed by atoms with Crippen LogP contribution < -0.4 is 4.74 Å². The first-order valence-electron chi connectivity index (χ1n) is 7.29. The van der Waals surface area contributed by atoms with E-state index in [1.807, 2.05) is 0 Å². The Hall–Kier alpha value is -1.77. The molecular formula is C16H12Cl2F3N3OS. The van der Waals surface area contributed by atoms with E-state index >= 15 is 0 Å². The van der Waals surface area contributed by atoms with Crippen LogP contribution in [0.15, 0.2) is 18.2 Å². The molecule has 0 bridgehead atoms. The highest BCUT2D eigenvalue weighted by atomic mass is 35.5. The zero-order valence-corrected chi connectivity index (χ0v) is 16.1. The predicted octanol–water partition coefficient (Wildman–Crippen LogP) is 5.58. The lowest BCUT2D eigenvalue weighted by molar-refractivity contribution is 0.0833. The van der Waals surface area contributed by atoms with Gasteiger partial charge in [-0.05, 0) is 19.9 Å². The van der Waals surface area contributed by atoms with Crippen LogP contribution in [0.4, 0.5) is 13.2 Å². The number of thiophene rings is 1. The van der Waals surface area contributed by atoms with Crippen LogP contribution in [0.3, 0.4) is 0 Å². The van der Waals surface area contributed by atoms with Gasteiger partial charge in [-0.15, -0.1) is 21.5 Å². The molecular weight excluding hydrogens is 410 g/mol. The number of rotatable bonds is 4. The molecule has 0 aliphatic carbocycles. The van der Waals surface area contributed by atoms with Crippen molar-refractivity contribution in [1.82, 2.24) is 14.8 Å². The molecule has 0 amide bonds. The third-order valence-electron chi connectivity index (χ3n) is 3.63. The molecule has 1 aromatic carbocycles. The van der Waals surface area contributed by atoms with E-state index in [9.17, 15) is 13.2 Å². The molecule has 138 valence electrons. The lowest BCUT2D eigenvalue weighted by Gasteiger charge is -2.26. The lowest BCUT2D eigenvalue weighted by atomic mass is 10.1. The molecule has 10 heteroatoms. The van der Waals surface area contributed by atoms with Gasteiger partial charge >= 0.3 is 0 Å². The number of nitrogens with zero attached hydrogens (tertiary/aromatic N) is 3. The van der Waals surface area contributed by atoms with Crippen molar-refractivity contribution in [2.24, 2.45) is 7.05 Å². The maximum absolute atomic E-state index is 13.9. The normalized spacial score (nSPS) is 11.8. The molecule has 3 aromatic rings. The number of ether oxygens (including phenoxy) is 1. The molecule has 0 aliphatic rings. The van der Waals surface area contributed by atoms with Gasteiger partial charge in [-0.25, -0.2) is 13.2 Å². The van der Waals surface area contributed by atoms with Gasteiger partial charge in [0.1, 0.15) is 10.2 Å². The fraction of sp³-hybridized carbons (Fsp3) is 0.250. The minimum Gasteiger partial charge on any atom is -0.474 e. The van der Waals surface area contributed by atoms with Crippen molar-refractivity contribution in [2.75, 3.05) is 0 Å². The van der Waals surface area contributed by atoms with Crippen molar-refractivity contribution in [2.45, 2.75) is 19.4 Å². The van der Waals surface area contributed by atoms with E-state index in [1.165, 1.54) is 11.3 Å². The van der Waals surface area contributed by atoms with Crippen LogP contribution in [0.25, 0.3) is 11.4 Å². The molecule has 4 nitrogen and oxygen atoms in total. The fourth-order valence-electron chi connectivity index (χ4n) is 2.51. The number of benzene rings is 1. The van der Waals surface area contributed by atoms with Crippen LogP contribution in [-0.4, -0.2) is 14.8 Å². The number of halogens is 5. The summed E-state index contributed by atoms with van der Waals surface area (Å²) >= 11 is 13.3. The molecule has 2 heterocycles. The maximum Gasteiger partial charge on any atom is 0.192 e. The Morgan fingerprint density at radius 2 is 1.69 bits per heavy atom. The van der Waals surface area contributed by atoms with Crippen molar-refractivity contribution in [3.63, 3.8) is 0 Å². The third kappa shape index (κ3) is 3.41. The van der Waals surface area contributed by atoms with E-state index in [0.717, 1.165) is 0 Å². The van der Waals surface area contributed by atoms with Gasteiger partial charge < -0.3 is 9.30 Å². The summed E-state index contributed by atoms with van der Waals surface area (Å²) in [6.07, 6.45) is 0. The molecule has 26 heavy (non-hydrogen) atoms. The minimum atomic E-state index is -1.27. The van der Waals surface area contributed by atoms with E-state index < -0.39 is 28.8 Å². The average molecular weight is 422 g/mol. The Labute approximate surface area is 161 Å². The first-order valence-corrected chi connectivity index (χ1v) is 8.86. The molecule has 3 rings (SSSR count). The highest BCUT2D eigenvalue weighted by Crippen LogP contribution is 2.38. The Kier molecular flexibility index (Phi) is 4.94. The van der Waals surface area contributed by atoms with Crippen LogP contribution in [0.1, 0.15) is 19.7 Å². The molecule has 0 spiro atoms. The standard InChI is InChI=1S/C16H12Cl2F3N3OS/c1-16(2,25-12-9(20)4-7(19)5-10(12)21)15-23-22-14(24(15)3)8-6-11(17)26-13(8)18/h4-6H,1-3H3. The van der Waals surface area contributed by atoms with Crippen molar-refractivity contribution in [1.29, 1.82) is 0 Å². The molecule has 0 radical (unpaired) electrons. The van der Waals surface area contributed by atoms with Crippen molar-refractivity contribution in [3.05, 3.63) is 50.1 Å². The lowest BCUT2D eigenvalue weighted by Crippen LogP contribution is -2.30. The van der Waals surface area contributed by atoms with Crippen LogP contribution in [-0.2, 0) is 12.6 Å². The smallest absolute Gasteiger partial charge is 0.192 e. The quantitative estimate of drug-likeness (QED) is 0.551. The van der Waals surface area contributed by atoms with Gasteiger partial charge in [-0.1, -0.05) is 23.2 Å². The summed E-state index contributed by atoms with van der Waals surface area (Å²) < 4.78 is 48.9. The van der Waals surface area contributed by atoms with Crippen LogP contribution >= 0.6 is 34.5 Å². The third-order valence-corrected chi connectivity index (χ3v) is 5.12. The van der Waals surface area contributed by atoms with Gasteiger partial charge in [0, 0.05) is 19.2 Å². The number of aromatic nitrogens is 3. The van der Waals surface area contributed by atoms with Gasteiger partial charge in [0.05, 0.1) is 9.90 Å². The highest BCUT2D eigenvalue weighted by Gasteiger charge is 2.33. The first-order chi connectivity index (χ1) is 12.1. The van der Waals surface area contributed by atoms with Gasteiger partial charge in [-0.3, -0.25) is 0 Å². The second-order valence-corrected chi connectivity index (χ2v) is 8.24. The summed E-state index contributed by atoms with van der Waals surface area (Å²) in [4.78, 5) is 0. The molecule has 0 saturated heterocycles. The molecule has 0 unspecified atom stereocenters. The molecule has 2 aromatic heterocycles. The SMILES string of the molecule is Cn1c(-c2cc(Cl)sc2Cl)nnc1C(C)(C)Oc1c(F)cc(F)cc1F. The van der Waals surface area contributed by atoms with E-state index in [4.69, 9.17) is 27.9 Å². The maximum atomic E-state index is 13.9. The summed E-state index contributed by atoms with van der Waals surface area (Å²) in [5.74, 6) is -3.32. The summed E-state index contributed by atoms with van der Waals surface area (Å²) in [7, 11) is 1.66. The monoisotopic (exact) mass is 421 g/mol. The Balaban J connectivity index is 2.00. The van der Waals surface area contributed by atoms with Crippen LogP contribution in [0.5, 0.6) is 5.75 Å². The van der Waals surface area contributed by atoms with E-state index in [0.29, 0.717) is 32.2 Å². The van der Waals surface area contributed by atoms with Crippen LogP contribution in [0, 0.1) is 17.5 Å². The van der Waals surface area contributed by atoms with E-state index in [1.54, 1.807) is 31.5 Å². The topological polar surface area (TPSA) is 39.9 Å². The summed E-state index contributed by atoms with van der Waals surface area (Å²) in [5, 5.41) is 8.14. The Morgan fingerprint density at radius 1 is 1.08 bits per heavy atom. The summed E-state index contributed by atoms with van der Waals surface area (Å²) in [6.45, 7) is 3.12. The summed E-state index contributed by atoms with van der Waals surface area (Å²) in [6, 6.07) is 2.74. The zero-order valence-electron chi connectivity index (χ0n) is 13.8. The van der Waals surface area contributed by atoms with Crippen molar-refractivity contribution < 1.29 is 17.9 Å². The Bertz CT molecular complexity index is 964. The van der Waals surface area contributed by atoms with Crippen molar-refractivity contribution >= 4 is 34.5 Å². The second-order valence-electron chi connectivity index (χ2n) is 5.96. The molecule has 0 aliphatic heterocycles. The fourth-order valence-corrected chi connectivity index (χ4v) is 3.96. The van der Waals surface area contributed by atoms with E-state index in [2.05, 4.69) is 10.2 Å². The minimum absolute atomic E-state index is 0.286. The first kappa shape index (κ1) is 19.0. The molecule has 0 N–H and O–H groups in total. The Morgan fingerprint density at radius 3 is 2.23 bits per heavy atom. The van der Waals surface area contributed by atoms with E-state index in [-0.39, 0.29) is 5.82 Å². The zero-order chi connectivity index (χ0) is 19.2. The van der Waals surface area contributed by atoms with Crippen molar-refractivity contribution in [3.8, 4) is 17.1 Å². The molecule has 0 saturated carbocycles. The van der Waals surface area contributed by atoms with Gasteiger partial charge in [0.2, 0.25) is 0 Å². The van der Waals surface area contributed by atoms with Gasteiger partial charge in [0.25, 0.3) is 0 Å². The molecule has 0 fully saturated rings. The number of hydrogen-bond donors (Lipinski definition) is 0. The second kappa shape index (κ2) is 6.75. The largest absolute Gasteiger partial charge is 0.474 e. The van der Waals surface area contributed by atoms with Gasteiger partial charge in [-0.2, -0.15) is 0 Å². The average Bonchev–Trinajstić information content (AvgIpc) is 3.05. The van der Waals surface area contributed by atoms with Gasteiger partial charge in [0.15, 0.2) is 34.6 Å². The predicted molar refractivity (Wildman–Crippen MR) is 94.3 cm³/mol. The highest BCUT2D eigenvalue weighted by molar-refractivity contribution is 7.20. The number of hydrogen-bond acceptors (Lipinski definition) is 4. The molecule has 0 atom stereocenters.